The highest BCUT2D eigenvalue weighted by Gasteiger charge is 2.25. The normalized spacial score (nSPS) is 15.0. The third-order valence-electron chi connectivity index (χ3n) is 4.90. The molecule has 1 aliphatic carbocycles. The molecule has 2 aromatic rings. The van der Waals surface area contributed by atoms with Gasteiger partial charge in [0.15, 0.2) is 0 Å². The molecule has 6 nitrogen and oxygen atoms in total. The van der Waals surface area contributed by atoms with Crippen LogP contribution >= 0.6 is 0 Å². The van der Waals surface area contributed by atoms with Crippen LogP contribution in [0.3, 0.4) is 0 Å². The Balaban J connectivity index is 1.61. The van der Waals surface area contributed by atoms with Crippen LogP contribution in [0, 0.1) is 0 Å². The number of alkyl carbamates (subject to hydrolysis) is 1. The van der Waals surface area contributed by atoms with Crippen molar-refractivity contribution < 1.29 is 19.4 Å². The lowest BCUT2D eigenvalue weighted by atomic mass is 10.0. The van der Waals surface area contributed by atoms with Crippen LogP contribution in [-0.4, -0.2) is 29.2 Å². The first-order valence-corrected chi connectivity index (χ1v) is 9.65. The van der Waals surface area contributed by atoms with E-state index in [-0.39, 0.29) is 24.3 Å². The van der Waals surface area contributed by atoms with Gasteiger partial charge in [0.1, 0.15) is 18.4 Å². The number of carbonyl (C=O) groups is 2. The van der Waals surface area contributed by atoms with Gasteiger partial charge in [-0.25, -0.2) is 4.79 Å². The van der Waals surface area contributed by atoms with E-state index in [1.54, 1.807) is 24.3 Å². The molecule has 0 aliphatic heterocycles. The van der Waals surface area contributed by atoms with E-state index in [4.69, 9.17) is 4.74 Å². The van der Waals surface area contributed by atoms with E-state index in [2.05, 4.69) is 10.6 Å². The number of rotatable bonds is 7. The second-order valence-electron chi connectivity index (χ2n) is 7.12. The molecule has 3 N–H and O–H groups in total. The monoisotopic (exact) mass is 382 g/mol. The summed E-state index contributed by atoms with van der Waals surface area (Å²) in [5.41, 5.74) is 1.72. The van der Waals surface area contributed by atoms with Gasteiger partial charge in [0, 0.05) is 12.5 Å². The standard InChI is InChI=1S/C22H26N2O4/c25-19-12-10-16(11-13-19)14-20(21(26)23-18-8-4-5-9-18)24-22(27)28-15-17-6-2-1-3-7-17/h1-3,6-7,10-13,18,20,25H,4-5,8-9,14-15H2,(H,23,26)(H,24,27)/t20-/m0/s1. The minimum absolute atomic E-state index is 0.142. The zero-order valence-corrected chi connectivity index (χ0v) is 15.8. The predicted octanol–water partition coefficient (Wildman–Crippen LogP) is 3.29. The van der Waals surface area contributed by atoms with E-state index in [0.717, 1.165) is 36.8 Å². The first-order chi connectivity index (χ1) is 13.6. The van der Waals surface area contributed by atoms with E-state index >= 15 is 0 Å². The highest BCUT2D eigenvalue weighted by Crippen LogP contribution is 2.18. The van der Waals surface area contributed by atoms with Gasteiger partial charge >= 0.3 is 6.09 Å². The zero-order chi connectivity index (χ0) is 19.8. The molecule has 1 fully saturated rings. The lowest BCUT2D eigenvalue weighted by Crippen LogP contribution is -2.50. The van der Waals surface area contributed by atoms with Crippen LogP contribution in [-0.2, 0) is 22.6 Å². The zero-order valence-electron chi connectivity index (χ0n) is 15.8. The van der Waals surface area contributed by atoms with Gasteiger partial charge in [0.25, 0.3) is 0 Å². The average molecular weight is 382 g/mol. The number of phenols is 1. The topological polar surface area (TPSA) is 87.7 Å². The van der Waals surface area contributed by atoms with Gasteiger partial charge in [-0.3, -0.25) is 4.79 Å². The van der Waals surface area contributed by atoms with E-state index < -0.39 is 12.1 Å². The first kappa shape index (κ1) is 19.7. The summed E-state index contributed by atoms with van der Waals surface area (Å²) in [4.78, 5) is 25.0. The molecule has 0 aromatic heterocycles. The lowest BCUT2D eigenvalue weighted by molar-refractivity contribution is -0.123. The number of aromatic hydroxyl groups is 1. The molecule has 0 spiro atoms. The van der Waals surface area contributed by atoms with E-state index in [1.165, 1.54) is 0 Å². The van der Waals surface area contributed by atoms with Gasteiger partial charge in [-0.15, -0.1) is 0 Å². The SMILES string of the molecule is O=C(N[C@@H](Cc1ccc(O)cc1)C(=O)NC1CCCC1)OCc1ccccc1. The molecule has 6 heteroatoms. The number of amides is 2. The van der Waals surface area contributed by atoms with Crippen LogP contribution in [0.15, 0.2) is 54.6 Å². The Hall–Kier alpha value is -3.02. The van der Waals surface area contributed by atoms with Gasteiger partial charge in [-0.1, -0.05) is 55.3 Å². The molecule has 28 heavy (non-hydrogen) atoms. The molecule has 0 bridgehead atoms. The van der Waals surface area contributed by atoms with Crippen LogP contribution < -0.4 is 10.6 Å². The molecule has 1 aliphatic rings. The quantitative estimate of drug-likeness (QED) is 0.686. The fourth-order valence-corrected chi connectivity index (χ4v) is 3.36. The molecule has 0 radical (unpaired) electrons. The van der Waals surface area contributed by atoms with Crippen LogP contribution in [0.5, 0.6) is 5.75 Å². The summed E-state index contributed by atoms with van der Waals surface area (Å²) in [6, 6.07) is 15.4. The van der Waals surface area contributed by atoms with Gasteiger partial charge in [0.2, 0.25) is 5.91 Å². The Morgan fingerprint density at radius 2 is 1.68 bits per heavy atom. The highest BCUT2D eigenvalue weighted by molar-refractivity contribution is 5.86. The Morgan fingerprint density at radius 3 is 2.36 bits per heavy atom. The van der Waals surface area contributed by atoms with Crippen molar-refractivity contribution in [1.29, 1.82) is 0 Å². The fourth-order valence-electron chi connectivity index (χ4n) is 3.36. The number of carbonyl (C=O) groups excluding carboxylic acids is 2. The number of phenolic OH excluding ortho intramolecular Hbond substituents is 1. The van der Waals surface area contributed by atoms with E-state index in [9.17, 15) is 14.7 Å². The fraction of sp³-hybridized carbons (Fsp3) is 0.364. The van der Waals surface area contributed by atoms with Crippen molar-refractivity contribution in [2.24, 2.45) is 0 Å². The van der Waals surface area contributed by atoms with Crippen molar-refractivity contribution in [3.8, 4) is 5.75 Å². The summed E-state index contributed by atoms with van der Waals surface area (Å²) in [5, 5.41) is 15.2. The Bertz CT molecular complexity index is 771. The summed E-state index contributed by atoms with van der Waals surface area (Å²) < 4.78 is 5.27. The Labute approximate surface area is 164 Å². The van der Waals surface area contributed by atoms with Crippen LogP contribution in [0.4, 0.5) is 4.79 Å². The minimum Gasteiger partial charge on any atom is -0.508 e. The van der Waals surface area contributed by atoms with Crippen molar-refractivity contribution in [3.63, 3.8) is 0 Å². The molecule has 2 aromatic carbocycles. The van der Waals surface area contributed by atoms with Crippen LogP contribution in [0.25, 0.3) is 0 Å². The predicted molar refractivity (Wildman–Crippen MR) is 106 cm³/mol. The Kier molecular flexibility index (Phi) is 6.89. The molecular formula is C22H26N2O4. The second-order valence-corrected chi connectivity index (χ2v) is 7.12. The number of nitrogens with one attached hydrogen (secondary N) is 2. The highest BCUT2D eigenvalue weighted by atomic mass is 16.5. The number of ether oxygens (including phenoxy) is 1. The van der Waals surface area contributed by atoms with Crippen LogP contribution in [0.1, 0.15) is 36.8 Å². The maximum Gasteiger partial charge on any atom is 0.408 e. The van der Waals surface area contributed by atoms with Gasteiger partial charge in [0.05, 0.1) is 0 Å². The van der Waals surface area contributed by atoms with E-state index in [1.807, 2.05) is 30.3 Å². The largest absolute Gasteiger partial charge is 0.508 e. The van der Waals surface area contributed by atoms with Gasteiger partial charge < -0.3 is 20.5 Å². The third-order valence-corrected chi connectivity index (χ3v) is 4.90. The number of hydrogen-bond acceptors (Lipinski definition) is 4. The molecular weight excluding hydrogens is 356 g/mol. The summed E-state index contributed by atoms with van der Waals surface area (Å²) in [6.07, 6.45) is 3.85. The maximum absolute atomic E-state index is 12.7. The molecule has 1 atom stereocenters. The molecule has 148 valence electrons. The molecule has 0 saturated heterocycles. The van der Waals surface area contributed by atoms with E-state index in [0.29, 0.717) is 6.42 Å². The van der Waals surface area contributed by atoms with Gasteiger partial charge in [-0.2, -0.15) is 0 Å². The third kappa shape index (κ3) is 6.01. The summed E-state index contributed by atoms with van der Waals surface area (Å²) in [6.45, 7) is 0.142. The molecule has 2 amide bonds. The molecule has 0 unspecified atom stereocenters. The molecule has 1 saturated carbocycles. The molecule has 3 rings (SSSR count). The average Bonchev–Trinajstić information content (AvgIpc) is 3.21. The number of hydrogen-bond donors (Lipinski definition) is 3. The summed E-state index contributed by atoms with van der Waals surface area (Å²) in [5.74, 6) is -0.0532. The number of benzene rings is 2. The van der Waals surface area contributed by atoms with Crippen LogP contribution in [0.2, 0.25) is 0 Å². The van der Waals surface area contributed by atoms with Crippen molar-refractivity contribution in [1.82, 2.24) is 10.6 Å². The smallest absolute Gasteiger partial charge is 0.408 e. The lowest BCUT2D eigenvalue weighted by Gasteiger charge is -2.21. The molecule has 0 heterocycles. The maximum atomic E-state index is 12.7. The second kappa shape index (κ2) is 9.78. The van der Waals surface area contributed by atoms with Gasteiger partial charge in [-0.05, 0) is 36.1 Å². The summed E-state index contributed by atoms with van der Waals surface area (Å²) >= 11 is 0. The summed E-state index contributed by atoms with van der Waals surface area (Å²) in [7, 11) is 0. The first-order valence-electron chi connectivity index (χ1n) is 9.65. The van der Waals surface area contributed by atoms with Crippen molar-refractivity contribution in [3.05, 3.63) is 65.7 Å². The Morgan fingerprint density at radius 1 is 1.00 bits per heavy atom. The minimum atomic E-state index is -0.742. The van der Waals surface area contributed by atoms with Crippen molar-refractivity contribution in [2.75, 3.05) is 0 Å². The van der Waals surface area contributed by atoms with Crippen molar-refractivity contribution in [2.45, 2.75) is 50.8 Å². The van der Waals surface area contributed by atoms with Crippen molar-refractivity contribution >= 4 is 12.0 Å².